The largest absolute Gasteiger partial charge is 0.368 e. The number of nitrogens with two attached hydrogens (primary N) is 1. The first-order valence-corrected chi connectivity index (χ1v) is 8.30. The molecule has 0 saturated heterocycles. The summed E-state index contributed by atoms with van der Waals surface area (Å²) in [5.74, 6) is -0.757. The van der Waals surface area contributed by atoms with Gasteiger partial charge < -0.3 is 5.73 Å². The number of hydrogen-bond acceptors (Lipinski definition) is 4. The van der Waals surface area contributed by atoms with Crippen LogP contribution in [0.2, 0.25) is 0 Å². The van der Waals surface area contributed by atoms with E-state index in [1.165, 1.54) is 0 Å². The van der Waals surface area contributed by atoms with Gasteiger partial charge in [-0.3, -0.25) is 9.79 Å². The van der Waals surface area contributed by atoms with E-state index < -0.39 is 11.3 Å². The summed E-state index contributed by atoms with van der Waals surface area (Å²) < 4.78 is -0.323. The zero-order chi connectivity index (χ0) is 17.6. The molecule has 3 rings (SSSR count). The van der Waals surface area contributed by atoms with Crippen molar-refractivity contribution < 1.29 is 14.8 Å². The highest BCUT2D eigenvalue weighted by atomic mass is 35.5. The molecule has 2 heterocycles. The summed E-state index contributed by atoms with van der Waals surface area (Å²) in [4.78, 5) is 15.8. The standard InChI is InChI=1S/C17H21ClN4O2/c1-10(15(18)17(19)23)11-6-7-12-14(9-11)21(2)22(3,24)16(12)13-5-4-8-20-13/h4-7,9-10,15-16,24H,8H2,1-3H3,(H-,19,23)/p+1/t10?,15?,16?,22-/m1/s1. The number of quaternary nitrogens is 1. The quantitative estimate of drug-likeness (QED) is 0.645. The van der Waals surface area contributed by atoms with Crippen molar-refractivity contribution in [2.45, 2.75) is 24.3 Å². The SMILES string of the molecule is CC(c1ccc2c(c1)N(C)[N@+](C)(O)C2C1=NCC=C1)C(Cl)C(N)=O. The van der Waals surface area contributed by atoms with Crippen molar-refractivity contribution in [1.29, 1.82) is 0 Å². The number of carbonyl (C=O) groups is 1. The molecule has 0 spiro atoms. The van der Waals surface area contributed by atoms with Crippen molar-refractivity contribution in [1.82, 2.24) is 0 Å². The second-order valence-corrected chi connectivity index (χ2v) is 6.95. The van der Waals surface area contributed by atoms with Crippen molar-refractivity contribution in [3.05, 3.63) is 41.5 Å². The number of halogens is 1. The Kier molecular flexibility index (Phi) is 4.15. The molecule has 24 heavy (non-hydrogen) atoms. The van der Waals surface area contributed by atoms with Crippen LogP contribution in [0.4, 0.5) is 5.69 Å². The molecular weight excluding hydrogens is 328 g/mol. The van der Waals surface area contributed by atoms with Gasteiger partial charge in [0.25, 0.3) is 0 Å². The summed E-state index contributed by atoms with van der Waals surface area (Å²) in [6, 6.07) is 5.61. The maximum Gasteiger partial charge on any atom is 0.236 e. The van der Waals surface area contributed by atoms with Gasteiger partial charge in [-0.1, -0.05) is 23.8 Å². The second kappa shape index (κ2) is 5.88. The lowest BCUT2D eigenvalue weighted by Gasteiger charge is -2.32. The van der Waals surface area contributed by atoms with Gasteiger partial charge in [-0.05, 0) is 23.8 Å². The highest BCUT2D eigenvalue weighted by Crippen LogP contribution is 2.45. The van der Waals surface area contributed by atoms with Gasteiger partial charge in [-0.15, -0.1) is 11.6 Å². The van der Waals surface area contributed by atoms with Gasteiger partial charge in [0.05, 0.1) is 13.6 Å². The molecule has 0 bridgehead atoms. The lowest BCUT2D eigenvalue weighted by Crippen LogP contribution is -2.53. The van der Waals surface area contributed by atoms with E-state index in [4.69, 9.17) is 17.3 Å². The van der Waals surface area contributed by atoms with Crippen LogP contribution in [-0.4, -0.2) is 47.6 Å². The minimum Gasteiger partial charge on any atom is -0.368 e. The Morgan fingerprint density at radius 2 is 2.25 bits per heavy atom. The predicted molar refractivity (Wildman–Crippen MR) is 94.2 cm³/mol. The number of nitrogens with zero attached hydrogens (tertiary/aromatic N) is 3. The summed E-state index contributed by atoms with van der Waals surface area (Å²) in [5.41, 5.74) is 8.97. The van der Waals surface area contributed by atoms with Gasteiger partial charge in [0.2, 0.25) is 11.9 Å². The normalized spacial score (nSPS) is 27.8. The van der Waals surface area contributed by atoms with E-state index in [1.807, 2.05) is 44.3 Å². The highest BCUT2D eigenvalue weighted by molar-refractivity contribution is 6.31. The number of benzene rings is 1. The smallest absolute Gasteiger partial charge is 0.236 e. The van der Waals surface area contributed by atoms with Crippen molar-refractivity contribution in [3.63, 3.8) is 0 Å². The van der Waals surface area contributed by atoms with Crippen LogP contribution >= 0.6 is 11.6 Å². The van der Waals surface area contributed by atoms with Crippen LogP contribution in [-0.2, 0) is 4.79 Å². The van der Waals surface area contributed by atoms with Gasteiger partial charge in [0.1, 0.15) is 23.8 Å². The fraction of sp³-hybridized carbons (Fsp3) is 0.412. The van der Waals surface area contributed by atoms with E-state index in [0.29, 0.717) is 6.54 Å². The van der Waals surface area contributed by atoms with E-state index in [-0.39, 0.29) is 16.7 Å². The summed E-state index contributed by atoms with van der Waals surface area (Å²) >= 11 is 6.11. The molecule has 128 valence electrons. The summed E-state index contributed by atoms with van der Waals surface area (Å²) in [5, 5.41) is 12.0. The number of alkyl halides is 1. The van der Waals surface area contributed by atoms with E-state index in [9.17, 15) is 10.0 Å². The lowest BCUT2D eigenvalue weighted by molar-refractivity contribution is -1.10. The number of hydroxylamine groups is 2. The van der Waals surface area contributed by atoms with Gasteiger partial charge >= 0.3 is 0 Å². The van der Waals surface area contributed by atoms with E-state index in [0.717, 1.165) is 22.5 Å². The Morgan fingerprint density at radius 3 is 2.83 bits per heavy atom. The number of fused-ring (bicyclic) bond motifs is 1. The molecule has 0 aromatic heterocycles. The third-order valence-electron chi connectivity index (χ3n) is 4.98. The van der Waals surface area contributed by atoms with E-state index in [2.05, 4.69) is 4.99 Å². The summed E-state index contributed by atoms with van der Waals surface area (Å²) in [6.07, 6.45) is 3.94. The molecule has 7 heteroatoms. The Morgan fingerprint density at radius 1 is 1.54 bits per heavy atom. The van der Waals surface area contributed by atoms with Gasteiger partial charge in [0, 0.05) is 11.5 Å². The van der Waals surface area contributed by atoms with E-state index >= 15 is 0 Å². The molecule has 3 N–H and O–H groups in total. The molecule has 0 radical (unpaired) electrons. The Hall–Kier alpha value is -1.89. The molecule has 1 aromatic rings. The van der Waals surface area contributed by atoms with E-state index in [1.54, 1.807) is 12.1 Å². The van der Waals surface area contributed by atoms with Crippen LogP contribution < -0.4 is 10.7 Å². The number of carbonyl (C=O) groups excluding carboxylic acids is 1. The van der Waals surface area contributed by atoms with Crippen molar-refractivity contribution in [3.8, 4) is 0 Å². The molecule has 4 atom stereocenters. The van der Waals surface area contributed by atoms with Crippen molar-refractivity contribution >= 4 is 28.9 Å². The number of anilines is 1. The third-order valence-corrected chi connectivity index (χ3v) is 5.57. The number of rotatable bonds is 4. The van der Waals surface area contributed by atoms with Crippen molar-refractivity contribution in [2.75, 3.05) is 25.6 Å². The summed E-state index contributed by atoms with van der Waals surface area (Å²) in [6.45, 7) is 2.51. The molecular formula is C17H22ClN4O2+. The molecule has 3 unspecified atom stereocenters. The van der Waals surface area contributed by atoms with Crippen LogP contribution in [0.1, 0.15) is 30.0 Å². The highest BCUT2D eigenvalue weighted by Gasteiger charge is 2.50. The Bertz CT molecular complexity index is 744. The monoisotopic (exact) mass is 349 g/mol. The van der Waals surface area contributed by atoms with Crippen LogP contribution in [0.25, 0.3) is 0 Å². The topological polar surface area (TPSA) is 78.9 Å². The minimum atomic E-state index is -0.775. The van der Waals surface area contributed by atoms with Gasteiger partial charge in [-0.25, -0.2) is 0 Å². The van der Waals surface area contributed by atoms with Crippen LogP contribution in [0.15, 0.2) is 35.3 Å². The third kappa shape index (κ3) is 2.51. The molecule has 0 saturated carbocycles. The molecule has 2 aliphatic rings. The number of aliphatic imine (C=N–C) groups is 1. The average molecular weight is 350 g/mol. The first kappa shape index (κ1) is 17.0. The Balaban J connectivity index is 2.03. The maximum atomic E-state index is 11.4. The van der Waals surface area contributed by atoms with Crippen molar-refractivity contribution in [2.24, 2.45) is 10.7 Å². The molecule has 6 nitrogen and oxygen atoms in total. The fourth-order valence-corrected chi connectivity index (χ4v) is 3.54. The van der Waals surface area contributed by atoms with Crippen LogP contribution in [0, 0.1) is 0 Å². The summed E-state index contributed by atoms with van der Waals surface area (Å²) in [7, 11) is 3.56. The lowest BCUT2D eigenvalue weighted by atomic mass is 9.93. The van der Waals surface area contributed by atoms with Crippen LogP contribution in [0.3, 0.4) is 0 Å². The molecule has 1 amide bonds. The first-order chi connectivity index (χ1) is 11.2. The van der Waals surface area contributed by atoms with Crippen LogP contribution in [0.5, 0.6) is 0 Å². The fourth-order valence-electron chi connectivity index (χ4n) is 3.40. The predicted octanol–water partition coefficient (Wildman–Crippen LogP) is 2.14. The molecule has 0 fully saturated rings. The molecule has 0 aliphatic carbocycles. The average Bonchev–Trinajstić information content (AvgIpc) is 3.12. The Labute approximate surface area is 146 Å². The zero-order valence-electron chi connectivity index (χ0n) is 14.0. The number of hydrogen-bond donors (Lipinski definition) is 2. The minimum absolute atomic E-state index is 0.219. The van der Waals surface area contributed by atoms with Gasteiger partial charge in [-0.2, -0.15) is 10.2 Å². The number of amides is 1. The molecule has 2 aliphatic heterocycles. The first-order valence-electron chi connectivity index (χ1n) is 7.86. The second-order valence-electron chi connectivity index (χ2n) is 6.48. The zero-order valence-corrected chi connectivity index (χ0v) is 14.7. The maximum absolute atomic E-state index is 11.4. The van der Waals surface area contributed by atoms with Gasteiger partial charge in [0.15, 0.2) is 0 Å². The molecule has 1 aromatic carbocycles. The number of primary amides is 1.